The van der Waals surface area contributed by atoms with Gasteiger partial charge in [0.1, 0.15) is 6.04 Å². The largest absolute Gasteiger partial charge is 0.357 e. The Hall–Kier alpha value is -2.15. The van der Waals surface area contributed by atoms with Crippen molar-refractivity contribution in [3.8, 4) is 5.69 Å². The fourth-order valence-electron chi connectivity index (χ4n) is 2.59. The van der Waals surface area contributed by atoms with E-state index in [1.54, 1.807) is 11.7 Å². The number of hydrogen-bond acceptors (Lipinski definition) is 3. The molecule has 1 aromatic heterocycles. The van der Waals surface area contributed by atoms with Gasteiger partial charge in [0.2, 0.25) is 5.91 Å². The summed E-state index contributed by atoms with van der Waals surface area (Å²) in [5.41, 5.74) is 2.05. The zero-order valence-corrected chi connectivity index (χ0v) is 16.4. The van der Waals surface area contributed by atoms with Crippen LogP contribution in [0.1, 0.15) is 36.3 Å². The first-order chi connectivity index (χ1) is 11.8. The second-order valence-electron chi connectivity index (χ2n) is 6.30. The van der Waals surface area contributed by atoms with Crippen molar-refractivity contribution < 1.29 is 9.59 Å². The van der Waals surface area contributed by atoms with E-state index in [4.69, 9.17) is 0 Å². The number of hydrogen-bond donors (Lipinski definition) is 2. The number of nitrogens with zero attached hydrogens (tertiary/aromatic N) is 2. The number of nitrogens with one attached hydrogen (secondary N) is 2. The molecule has 0 bridgehead atoms. The molecule has 0 radical (unpaired) electrons. The summed E-state index contributed by atoms with van der Waals surface area (Å²) < 4.78 is 2.68. The first-order valence-corrected chi connectivity index (χ1v) is 8.95. The lowest BCUT2D eigenvalue weighted by atomic mass is 10.0. The van der Waals surface area contributed by atoms with Crippen LogP contribution in [0.15, 0.2) is 34.9 Å². The van der Waals surface area contributed by atoms with Crippen molar-refractivity contribution in [2.24, 2.45) is 5.92 Å². The Labute approximate surface area is 156 Å². The van der Waals surface area contributed by atoms with Gasteiger partial charge in [0.25, 0.3) is 5.91 Å². The second kappa shape index (κ2) is 8.29. The highest BCUT2D eigenvalue weighted by atomic mass is 79.9. The summed E-state index contributed by atoms with van der Waals surface area (Å²) >= 11 is 3.40. The van der Waals surface area contributed by atoms with E-state index in [-0.39, 0.29) is 17.7 Å². The van der Waals surface area contributed by atoms with E-state index in [2.05, 4.69) is 31.7 Å². The molecule has 1 aromatic carbocycles. The summed E-state index contributed by atoms with van der Waals surface area (Å²) in [6.45, 7) is 5.86. The van der Waals surface area contributed by atoms with Crippen LogP contribution >= 0.6 is 15.9 Å². The molecule has 0 aliphatic rings. The van der Waals surface area contributed by atoms with Crippen molar-refractivity contribution in [1.29, 1.82) is 0 Å². The molecule has 2 N–H and O–H groups in total. The number of likely N-dealkylation sites (N-methyl/N-ethyl adjacent to an activating group) is 1. The molecule has 0 aliphatic heterocycles. The van der Waals surface area contributed by atoms with Crippen LogP contribution in [0.3, 0.4) is 0 Å². The Bertz CT molecular complexity index is 753. The van der Waals surface area contributed by atoms with Crippen molar-refractivity contribution in [2.45, 2.75) is 33.2 Å². The molecule has 2 rings (SSSR count). The molecule has 2 amide bonds. The lowest BCUT2D eigenvalue weighted by Gasteiger charge is -2.19. The number of carbonyl (C=O) groups excluding carboxylic acids is 2. The Morgan fingerprint density at radius 2 is 1.88 bits per heavy atom. The molecule has 7 heteroatoms. The smallest absolute Gasteiger partial charge is 0.255 e. The Morgan fingerprint density at radius 3 is 2.44 bits per heavy atom. The molecule has 0 spiro atoms. The van der Waals surface area contributed by atoms with Crippen molar-refractivity contribution in [1.82, 2.24) is 20.4 Å². The number of carbonyl (C=O) groups is 2. The van der Waals surface area contributed by atoms with Crippen LogP contribution in [0.2, 0.25) is 0 Å². The van der Waals surface area contributed by atoms with Gasteiger partial charge in [0.05, 0.1) is 23.1 Å². The van der Waals surface area contributed by atoms with E-state index in [9.17, 15) is 9.59 Å². The topological polar surface area (TPSA) is 76.0 Å². The van der Waals surface area contributed by atoms with Crippen molar-refractivity contribution >= 4 is 27.7 Å². The van der Waals surface area contributed by atoms with E-state index < -0.39 is 6.04 Å². The molecule has 134 valence electrons. The highest BCUT2D eigenvalue weighted by Crippen LogP contribution is 2.17. The first kappa shape index (κ1) is 19.2. The maximum Gasteiger partial charge on any atom is 0.255 e. The van der Waals surface area contributed by atoms with Gasteiger partial charge < -0.3 is 10.6 Å². The second-order valence-corrected chi connectivity index (χ2v) is 7.22. The molecule has 0 saturated heterocycles. The van der Waals surface area contributed by atoms with Crippen LogP contribution in [-0.2, 0) is 4.79 Å². The van der Waals surface area contributed by atoms with Crippen LogP contribution in [0, 0.1) is 12.8 Å². The summed E-state index contributed by atoms with van der Waals surface area (Å²) in [6, 6.07) is 7.10. The minimum atomic E-state index is -0.562. The summed E-state index contributed by atoms with van der Waals surface area (Å²) in [4.78, 5) is 24.6. The van der Waals surface area contributed by atoms with Crippen LogP contribution in [0.5, 0.6) is 0 Å². The van der Waals surface area contributed by atoms with Gasteiger partial charge in [-0.1, -0.05) is 29.8 Å². The third-order valence-electron chi connectivity index (χ3n) is 3.90. The number of rotatable bonds is 6. The van der Waals surface area contributed by atoms with Gasteiger partial charge in [-0.25, -0.2) is 4.68 Å². The number of aromatic nitrogens is 2. The quantitative estimate of drug-likeness (QED) is 0.773. The van der Waals surface area contributed by atoms with Crippen molar-refractivity contribution in [2.75, 3.05) is 7.05 Å². The molecule has 0 fully saturated rings. The third kappa shape index (κ3) is 4.69. The highest BCUT2D eigenvalue weighted by molar-refractivity contribution is 9.10. The van der Waals surface area contributed by atoms with Crippen LogP contribution in [0.4, 0.5) is 0 Å². The zero-order chi connectivity index (χ0) is 18.6. The summed E-state index contributed by atoms with van der Waals surface area (Å²) in [5, 5.41) is 9.73. The predicted octanol–water partition coefficient (Wildman–Crippen LogP) is 2.83. The van der Waals surface area contributed by atoms with E-state index in [0.29, 0.717) is 12.0 Å². The van der Waals surface area contributed by atoms with Gasteiger partial charge in [0, 0.05) is 11.5 Å². The monoisotopic (exact) mass is 406 g/mol. The van der Waals surface area contributed by atoms with E-state index in [1.165, 1.54) is 6.20 Å². The average molecular weight is 407 g/mol. The minimum Gasteiger partial charge on any atom is -0.357 e. The maximum atomic E-state index is 12.6. The third-order valence-corrected chi connectivity index (χ3v) is 4.43. The Kier molecular flexibility index (Phi) is 6.36. The van der Waals surface area contributed by atoms with Gasteiger partial charge in [-0.15, -0.1) is 0 Å². The molecule has 25 heavy (non-hydrogen) atoms. The molecule has 1 heterocycles. The molecule has 0 aliphatic carbocycles. The van der Waals surface area contributed by atoms with E-state index in [0.717, 1.165) is 15.9 Å². The molecule has 6 nitrogen and oxygen atoms in total. The molecule has 0 saturated carbocycles. The normalized spacial score (nSPS) is 12.1. The summed E-state index contributed by atoms with van der Waals surface area (Å²) in [5.74, 6) is -0.204. The number of halogens is 1. The van der Waals surface area contributed by atoms with Gasteiger partial charge in [-0.05, 0) is 43.5 Å². The molecular weight excluding hydrogens is 384 g/mol. The van der Waals surface area contributed by atoms with Gasteiger partial charge >= 0.3 is 0 Å². The van der Waals surface area contributed by atoms with E-state index in [1.807, 2.05) is 45.0 Å². The zero-order valence-electron chi connectivity index (χ0n) is 14.8. The Morgan fingerprint density at radius 1 is 1.24 bits per heavy atom. The summed E-state index contributed by atoms with van der Waals surface area (Å²) in [6.07, 6.45) is 2.11. The number of benzene rings is 1. The first-order valence-electron chi connectivity index (χ1n) is 8.16. The molecule has 1 atom stereocenters. The molecular formula is C18H23BrN4O2. The number of amides is 2. The van der Waals surface area contributed by atoms with Crippen LogP contribution in [-0.4, -0.2) is 34.7 Å². The van der Waals surface area contributed by atoms with Crippen LogP contribution in [0.25, 0.3) is 5.69 Å². The maximum absolute atomic E-state index is 12.6. The predicted molar refractivity (Wildman–Crippen MR) is 101 cm³/mol. The fourth-order valence-corrected chi connectivity index (χ4v) is 2.85. The fraction of sp³-hybridized carbons (Fsp3) is 0.389. The van der Waals surface area contributed by atoms with Crippen molar-refractivity contribution in [3.63, 3.8) is 0 Å². The minimum absolute atomic E-state index is 0.194. The highest BCUT2D eigenvalue weighted by Gasteiger charge is 2.23. The van der Waals surface area contributed by atoms with Gasteiger partial charge in [-0.3, -0.25) is 9.59 Å². The lowest BCUT2D eigenvalue weighted by molar-refractivity contribution is -0.122. The van der Waals surface area contributed by atoms with Gasteiger partial charge in [0.15, 0.2) is 0 Å². The lowest BCUT2D eigenvalue weighted by Crippen LogP contribution is -2.46. The van der Waals surface area contributed by atoms with Gasteiger partial charge in [-0.2, -0.15) is 5.10 Å². The Balaban J connectivity index is 2.22. The van der Waals surface area contributed by atoms with Crippen LogP contribution < -0.4 is 10.6 Å². The molecule has 2 aromatic rings. The standard InChI is InChI=1S/C18H23BrN4O2/c1-11(2)9-16(18(25)20-4)22-17(24)15-10-21-23(12(15)3)14-7-5-13(19)6-8-14/h5-8,10-11,16H,9H2,1-4H3,(H,20,25)(H,22,24). The van der Waals surface area contributed by atoms with E-state index >= 15 is 0 Å². The SMILES string of the molecule is CNC(=O)C(CC(C)C)NC(=O)c1cnn(-c2ccc(Br)cc2)c1C. The molecule has 1 unspecified atom stereocenters. The summed E-state index contributed by atoms with van der Waals surface area (Å²) in [7, 11) is 1.57. The van der Waals surface area contributed by atoms with Crippen molar-refractivity contribution in [3.05, 3.63) is 46.2 Å². The average Bonchev–Trinajstić information content (AvgIpc) is 2.95.